The van der Waals surface area contributed by atoms with Gasteiger partial charge < -0.3 is 19.9 Å². The Hall–Kier alpha value is -1.62. The Morgan fingerprint density at radius 1 is 1.04 bits per heavy atom. The van der Waals surface area contributed by atoms with Crippen LogP contribution in [0.25, 0.3) is 0 Å². The number of aromatic hydroxyl groups is 1. The summed E-state index contributed by atoms with van der Waals surface area (Å²) in [4.78, 5) is 0. The normalized spacial score (nSPS) is 16.8. The van der Waals surface area contributed by atoms with Gasteiger partial charge in [0.1, 0.15) is 5.75 Å². The standard InChI is InChI=1S/C17H17Cl2NO3/c1-22-14-5-9-3-4-20-16(11(9)8-15(14)23-2)12-6-10(18)7-13(19)17(12)21/h5-8,16,20-21H,3-4H2,1-2H3/t16-/m0/s1. The van der Waals surface area contributed by atoms with Gasteiger partial charge in [-0.3, -0.25) is 0 Å². The van der Waals surface area contributed by atoms with Gasteiger partial charge in [0.15, 0.2) is 11.5 Å². The molecule has 3 rings (SSSR count). The molecule has 0 spiro atoms. The van der Waals surface area contributed by atoms with Gasteiger partial charge in [0.25, 0.3) is 0 Å². The third kappa shape index (κ3) is 2.94. The van der Waals surface area contributed by atoms with Gasteiger partial charge in [-0.15, -0.1) is 0 Å². The number of nitrogens with one attached hydrogen (secondary N) is 1. The SMILES string of the molecule is COc1cc2c(cc1OC)[C@@H](c1cc(Cl)cc(Cl)c1O)NCC2. The van der Waals surface area contributed by atoms with Crippen LogP contribution in [0.2, 0.25) is 10.0 Å². The molecule has 0 radical (unpaired) electrons. The van der Waals surface area contributed by atoms with Crippen LogP contribution in [0.5, 0.6) is 17.2 Å². The smallest absolute Gasteiger partial charge is 0.161 e. The van der Waals surface area contributed by atoms with E-state index in [4.69, 9.17) is 32.7 Å². The molecule has 0 unspecified atom stereocenters. The van der Waals surface area contributed by atoms with Crippen molar-refractivity contribution in [1.82, 2.24) is 5.32 Å². The number of phenolic OH excluding ortho intramolecular Hbond substituents is 1. The van der Waals surface area contributed by atoms with Crippen molar-refractivity contribution >= 4 is 23.2 Å². The van der Waals surface area contributed by atoms with E-state index in [1.165, 1.54) is 6.07 Å². The Labute approximate surface area is 144 Å². The van der Waals surface area contributed by atoms with Crippen LogP contribution in [0.1, 0.15) is 22.7 Å². The van der Waals surface area contributed by atoms with Crippen LogP contribution in [0, 0.1) is 0 Å². The highest BCUT2D eigenvalue weighted by molar-refractivity contribution is 6.35. The molecule has 23 heavy (non-hydrogen) atoms. The van der Waals surface area contributed by atoms with Crippen molar-refractivity contribution in [1.29, 1.82) is 0 Å². The van der Waals surface area contributed by atoms with Gasteiger partial charge in [0.2, 0.25) is 0 Å². The summed E-state index contributed by atoms with van der Waals surface area (Å²) in [7, 11) is 3.22. The van der Waals surface area contributed by atoms with Gasteiger partial charge in [0.05, 0.1) is 25.3 Å². The van der Waals surface area contributed by atoms with Gasteiger partial charge >= 0.3 is 0 Å². The Kier molecular flexibility index (Phi) is 4.57. The summed E-state index contributed by atoms with van der Waals surface area (Å²) in [5, 5.41) is 14.5. The lowest BCUT2D eigenvalue weighted by atomic mass is 9.89. The maximum atomic E-state index is 10.3. The zero-order chi connectivity index (χ0) is 16.6. The molecule has 0 amide bonds. The highest BCUT2D eigenvalue weighted by atomic mass is 35.5. The van der Waals surface area contributed by atoms with E-state index in [2.05, 4.69) is 5.32 Å². The van der Waals surface area contributed by atoms with Crippen molar-refractivity contribution < 1.29 is 14.6 Å². The fraction of sp³-hybridized carbons (Fsp3) is 0.294. The molecule has 4 nitrogen and oxygen atoms in total. The number of fused-ring (bicyclic) bond motifs is 1. The first-order chi connectivity index (χ1) is 11.0. The molecule has 1 aliphatic heterocycles. The van der Waals surface area contributed by atoms with E-state index in [1.807, 2.05) is 12.1 Å². The number of hydrogen-bond acceptors (Lipinski definition) is 4. The quantitative estimate of drug-likeness (QED) is 0.876. The lowest BCUT2D eigenvalue weighted by Gasteiger charge is -2.29. The highest BCUT2D eigenvalue weighted by Crippen LogP contribution is 2.42. The van der Waals surface area contributed by atoms with Crippen LogP contribution >= 0.6 is 23.2 Å². The van der Waals surface area contributed by atoms with E-state index in [1.54, 1.807) is 20.3 Å². The van der Waals surface area contributed by atoms with Crippen LogP contribution in [0.4, 0.5) is 0 Å². The molecule has 0 saturated carbocycles. The summed E-state index contributed by atoms with van der Waals surface area (Å²) in [6.07, 6.45) is 0.862. The molecule has 2 aromatic carbocycles. The third-order valence-corrected chi connectivity index (χ3v) is 4.57. The predicted molar refractivity (Wildman–Crippen MR) is 91.2 cm³/mol. The lowest BCUT2D eigenvalue weighted by molar-refractivity contribution is 0.352. The van der Waals surface area contributed by atoms with Crippen molar-refractivity contribution in [3.8, 4) is 17.2 Å². The largest absolute Gasteiger partial charge is 0.506 e. The van der Waals surface area contributed by atoms with E-state index in [9.17, 15) is 5.11 Å². The Morgan fingerprint density at radius 3 is 2.43 bits per heavy atom. The van der Waals surface area contributed by atoms with Gasteiger partial charge in [-0.05, 0) is 41.8 Å². The lowest BCUT2D eigenvalue weighted by Crippen LogP contribution is -2.30. The molecule has 2 N–H and O–H groups in total. The second kappa shape index (κ2) is 6.48. The first kappa shape index (κ1) is 16.2. The Morgan fingerprint density at radius 2 is 1.74 bits per heavy atom. The number of ether oxygens (including phenoxy) is 2. The zero-order valence-electron chi connectivity index (χ0n) is 12.8. The van der Waals surface area contributed by atoms with Gasteiger partial charge in [-0.2, -0.15) is 0 Å². The number of phenols is 1. The Bertz CT molecular complexity index is 749. The van der Waals surface area contributed by atoms with E-state index in [0.717, 1.165) is 24.1 Å². The number of hydrogen-bond donors (Lipinski definition) is 2. The second-order valence-corrected chi connectivity index (χ2v) is 6.21. The minimum Gasteiger partial charge on any atom is -0.506 e. The van der Waals surface area contributed by atoms with Crippen molar-refractivity contribution in [3.05, 3.63) is 51.0 Å². The van der Waals surface area contributed by atoms with Crippen molar-refractivity contribution in [2.75, 3.05) is 20.8 Å². The topological polar surface area (TPSA) is 50.7 Å². The molecule has 2 aromatic rings. The summed E-state index contributed by atoms with van der Waals surface area (Å²) < 4.78 is 10.8. The molecule has 0 saturated heterocycles. The van der Waals surface area contributed by atoms with Crippen LogP contribution in [0.15, 0.2) is 24.3 Å². The molecular weight excluding hydrogens is 337 g/mol. The first-order valence-corrected chi connectivity index (χ1v) is 7.96. The maximum absolute atomic E-state index is 10.3. The summed E-state index contributed by atoms with van der Waals surface area (Å²) in [5.41, 5.74) is 2.81. The van der Waals surface area contributed by atoms with E-state index in [0.29, 0.717) is 22.1 Å². The van der Waals surface area contributed by atoms with Crippen LogP contribution in [-0.2, 0) is 6.42 Å². The van der Waals surface area contributed by atoms with E-state index < -0.39 is 0 Å². The van der Waals surface area contributed by atoms with Crippen LogP contribution in [-0.4, -0.2) is 25.9 Å². The van der Waals surface area contributed by atoms with E-state index >= 15 is 0 Å². The number of rotatable bonds is 3. The number of halogens is 2. The fourth-order valence-corrected chi connectivity index (χ4v) is 3.48. The summed E-state index contributed by atoms with van der Waals surface area (Å²) >= 11 is 12.2. The molecule has 0 aromatic heterocycles. The summed E-state index contributed by atoms with van der Waals surface area (Å²) in [5.74, 6) is 1.38. The molecule has 0 bridgehead atoms. The molecule has 0 fully saturated rings. The van der Waals surface area contributed by atoms with Crippen molar-refractivity contribution in [3.63, 3.8) is 0 Å². The third-order valence-electron chi connectivity index (χ3n) is 4.07. The number of methoxy groups -OCH3 is 2. The minimum absolute atomic E-state index is 0.0381. The first-order valence-electron chi connectivity index (χ1n) is 7.21. The highest BCUT2D eigenvalue weighted by Gasteiger charge is 2.27. The second-order valence-electron chi connectivity index (χ2n) is 5.37. The Balaban J connectivity index is 2.15. The fourth-order valence-electron chi connectivity index (χ4n) is 2.97. The average molecular weight is 354 g/mol. The van der Waals surface area contributed by atoms with Crippen molar-refractivity contribution in [2.45, 2.75) is 12.5 Å². The zero-order valence-corrected chi connectivity index (χ0v) is 14.3. The van der Waals surface area contributed by atoms with E-state index in [-0.39, 0.29) is 16.8 Å². The predicted octanol–water partition coefficient (Wildman–Crippen LogP) is 3.95. The molecule has 0 aliphatic carbocycles. The molecule has 6 heteroatoms. The van der Waals surface area contributed by atoms with Crippen molar-refractivity contribution in [2.24, 2.45) is 0 Å². The number of benzene rings is 2. The summed E-state index contributed by atoms with van der Waals surface area (Å²) in [6, 6.07) is 6.95. The van der Waals surface area contributed by atoms with Crippen LogP contribution < -0.4 is 14.8 Å². The average Bonchev–Trinajstić information content (AvgIpc) is 2.56. The molecular formula is C17H17Cl2NO3. The molecule has 122 valence electrons. The molecule has 1 heterocycles. The molecule has 1 atom stereocenters. The summed E-state index contributed by atoms with van der Waals surface area (Å²) in [6.45, 7) is 0.775. The monoisotopic (exact) mass is 353 g/mol. The van der Waals surface area contributed by atoms with Gasteiger partial charge in [0, 0.05) is 17.1 Å². The van der Waals surface area contributed by atoms with Gasteiger partial charge in [-0.1, -0.05) is 23.2 Å². The van der Waals surface area contributed by atoms with Crippen LogP contribution in [0.3, 0.4) is 0 Å². The van der Waals surface area contributed by atoms with Gasteiger partial charge in [-0.25, -0.2) is 0 Å². The maximum Gasteiger partial charge on any atom is 0.161 e. The molecule has 1 aliphatic rings. The minimum atomic E-state index is -0.213.